The molecule has 1 amide bonds. The number of likely N-dealkylation sites (tertiary alicyclic amines) is 2. The van der Waals surface area contributed by atoms with Gasteiger partial charge in [0.25, 0.3) is 0 Å². The van der Waals surface area contributed by atoms with Crippen LogP contribution in [0.1, 0.15) is 32.6 Å². The minimum Gasteiger partial charge on any atom is -0.481 e. The molecule has 2 saturated heterocycles. The number of amides is 1. The number of carboxylic acids is 1. The Kier molecular flexibility index (Phi) is 4.22. The topological polar surface area (TPSA) is 60.9 Å². The van der Waals surface area contributed by atoms with Crippen molar-refractivity contribution >= 4 is 11.9 Å². The maximum atomic E-state index is 12.4. The van der Waals surface area contributed by atoms with E-state index in [1.807, 2.05) is 0 Å². The normalized spacial score (nSPS) is 29.5. The van der Waals surface area contributed by atoms with Crippen LogP contribution in [-0.4, -0.2) is 59.0 Å². The molecule has 5 nitrogen and oxygen atoms in total. The third-order valence-corrected chi connectivity index (χ3v) is 4.14. The van der Waals surface area contributed by atoms with E-state index in [0.29, 0.717) is 13.0 Å². The fourth-order valence-corrected chi connectivity index (χ4v) is 3.07. The SMILES string of the molecule is CCN1CCC[C@H]1C(=O)N1CCCC(C(=O)O)C1. The summed E-state index contributed by atoms with van der Waals surface area (Å²) in [6, 6.07) is -0.0115. The van der Waals surface area contributed by atoms with Crippen molar-refractivity contribution in [3.63, 3.8) is 0 Å². The molecule has 0 aromatic carbocycles. The van der Waals surface area contributed by atoms with Crippen LogP contribution in [-0.2, 0) is 9.59 Å². The van der Waals surface area contributed by atoms with Crippen molar-refractivity contribution in [3.8, 4) is 0 Å². The second-order valence-electron chi connectivity index (χ2n) is 5.25. The number of hydrogen-bond acceptors (Lipinski definition) is 3. The molecule has 0 aromatic heterocycles. The van der Waals surface area contributed by atoms with Crippen LogP contribution >= 0.6 is 0 Å². The van der Waals surface area contributed by atoms with Crippen LogP contribution in [0.3, 0.4) is 0 Å². The van der Waals surface area contributed by atoms with Gasteiger partial charge in [0, 0.05) is 13.1 Å². The highest BCUT2D eigenvalue weighted by Crippen LogP contribution is 2.23. The minimum atomic E-state index is -0.772. The number of piperidine rings is 1. The fourth-order valence-electron chi connectivity index (χ4n) is 3.07. The first-order valence-corrected chi connectivity index (χ1v) is 6.89. The largest absolute Gasteiger partial charge is 0.481 e. The van der Waals surface area contributed by atoms with Gasteiger partial charge in [-0.15, -0.1) is 0 Å². The maximum Gasteiger partial charge on any atom is 0.308 e. The smallest absolute Gasteiger partial charge is 0.308 e. The van der Waals surface area contributed by atoms with E-state index in [0.717, 1.165) is 38.9 Å². The van der Waals surface area contributed by atoms with Crippen molar-refractivity contribution in [1.29, 1.82) is 0 Å². The van der Waals surface area contributed by atoms with Crippen molar-refractivity contribution in [2.24, 2.45) is 5.92 Å². The molecule has 1 N–H and O–H groups in total. The molecule has 5 heteroatoms. The summed E-state index contributed by atoms with van der Waals surface area (Å²) < 4.78 is 0. The zero-order chi connectivity index (χ0) is 13.1. The van der Waals surface area contributed by atoms with Crippen LogP contribution in [0, 0.1) is 5.92 Å². The fraction of sp³-hybridized carbons (Fsp3) is 0.846. The zero-order valence-electron chi connectivity index (χ0n) is 11.0. The first kappa shape index (κ1) is 13.3. The third-order valence-electron chi connectivity index (χ3n) is 4.14. The lowest BCUT2D eigenvalue weighted by atomic mass is 9.97. The van der Waals surface area contributed by atoms with Gasteiger partial charge in [0.1, 0.15) is 0 Å². The van der Waals surface area contributed by atoms with Crippen LogP contribution in [0.5, 0.6) is 0 Å². The average Bonchev–Trinajstić information content (AvgIpc) is 2.86. The van der Waals surface area contributed by atoms with Gasteiger partial charge in [0.05, 0.1) is 12.0 Å². The number of nitrogens with zero attached hydrogens (tertiary/aromatic N) is 2. The third kappa shape index (κ3) is 2.66. The minimum absolute atomic E-state index is 0.0115. The molecule has 0 spiro atoms. The number of rotatable bonds is 3. The molecule has 0 aromatic rings. The highest BCUT2D eigenvalue weighted by molar-refractivity contribution is 5.83. The number of carbonyl (C=O) groups is 2. The molecule has 1 unspecified atom stereocenters. The van der Waals surface area contributed by atoms with Gasteiger partial charge in [-0.25, -0.2) is 0 Å². The van der Waals surface area contributed by atoms with Gasteiger partial charge in [0.15, 0.2) is 0 Å². The molecule has 2 aliphatic rings. The van der Waals surface area contributed by atoms with Gasteiger partial charge in [-0.2, -0.15) is 0 Å². The first-order chi connectivity index (χ1) is 8.63. The average molecular weight is 254 g/mol. The Morgan fingerprint density at radius 3 is 2.61 bits per heavy atom. The summed E-state index contributed by atoms with van der Waals surface area (Å²) in [5, 5.41) is 9.05. The monoisotopic (exact) mass is 254 g/mol. The Morgan fingerprint density at radius 1 is 1.22 bits per heavy atom. The number of carbonyl (C=O) groups excluding carboxylic acids is 1. The van der Waals surface area contributed by atoms with Crippen LogP contribution in [0.4, 0.5) is 0 Å². The van der Waals surface area contributed by atoms with Gasteiger partial charge in [-0.1, -0.05) is 6.92 Å². The van der Waals surface area contributed by atoms with Gasteiger partial charge >= 0.3 is 5.97 Å². The van der Waals surface area contributed by atoms with E-state index in [1.165, 1.54) is 0 Å². The number of aliphatic carboxylic acids is 1. The maximum absolute atomic E-state index is 12.4. The van der Waals surface area contributed by atoms with Crippen LogP contribution in [0.15, 0.2) is 0 Å². The Balaban J connectivity index is 1.98. The lowest BCUT2D eigenvalue weighted by Gasteiger charge is -2.34. The number of hydrogen-bond donors (Lipinski definition) is 1. The van der Waals surface area contributed by atoms with Crippen molar-refractivity contribution < 1.29 is 14.7 Å². The van der Waals surface area contributed by atoms with Gasteiger partial charge in [0.2, 0.25) is 5.91 Å². The molecule has 0 radical (unpaired) electrons. The summed E-state index contributed by atoms with van der Waals surface area (Å²) in [7, 11) is 0. The summed E-state index contributed by atoms with van der Waals surface area (Å²) in [5.74, 6) is -1.01. The molecular weight excluding hydrogens is 232 g/mol. The molecule has 2 aliphatic heterocycles. The predicted molar refractivity (Wildman–Crippen MR) is 67.2 cm³/mol. The van der Waals surface area contributed by atoms with E-state index in [-0.39, 0.29) is 17.9 Å². The summed E-state index contributed by atoms with van der Waals surface area (Å²) >= 11 is 0. The Morgan fingerprint density at radius 2 is 1.94 bits per heavy atom. The number of carboxylic acid groups (broad SMARTS) is 1. The molecule has 2 heterocycles. The van der Waals surface area contributed by atoms with Gasteiger partial charge in [-0.3, -0.25) is 14.5 Å². The number of likely N-dealkylation sites (N-methyl/N-ethyl adjacent to an activating group) is 1. The van der Waals surface area contributed by atoms with E-state index in [2.05, 4.69) is 11.8 Å². The Labute approximate surface area is 108 Å². The molecule has 0 aliphatic carbocycles. The first-order valence-electron chi connectivity index (χ1n) is 6.89. The van der Waals surface area contributed by atoms with Crippen molar-refractivity contribution in [2.75, 3.05) is 26.2 Å². The zero-order valence-corrected chi connectivity index (χ0v) is 11.0. The Bertz CT molecular complexity index is 332. The second kappa shape index (κ2) is 5.69. The molecule has 2 rings (SSSR count). The van der Waals surface area contributed by atoms with Gasteiger partial charge in [-0.05, 0) is 38.8 Å². The summed E-state index contributed by atoms with van der Waals surface area (Å²) in [6.07, 6.45) is 3.49. The van der Waals surface area contributed by atoms with Crippen molar-refractivity contribution in [3.05, 3.63) is 0 Å². The second-order valence-corrected chi connectivity index (χ2v) is 5.25. The molecule has 102 valence electrons. The summed E-state index contributed by atoms with van der Waals surface area (Å²) in [4.78, 5) is 27.4. The molecule has 18 heavy (non-hydrogen) atoms. The van der Waals surface area contributed by atoms with E-state index in [4.69, 9.17) is 5.11 Å². The Hall–Kier alpha value is -1.10. The molecular formula is C13H22N2O3. The summed E-state index contributed by atoms with van der Waals surface area (Å²) in [5.41, 5.74) is 0. The van der Waals surface area contributed by atoms with Crippen molar-refractivity contribution in [2.45, 2.75) is 38.6 Å². The van der Waals surface area contributed by atoms with Crippen molar-refractivity contribution in [1.82, 2.24) is 9.80 Å². The van der Waals surface area contributed by atoms with Crippen LogP contribution < -0.4 is 0 Å². The van der Waals surface area contributed by atoms with E-state index in [1.54, 1.807) is 4.90 Å². The van der Waals surface area contributed by atoms with E-state index < -0.39 is 5.97 Å². The summed E-state index contributed by atoms with van der Waals surface area (Å²) in [6.45, 7) is 5.07. The molecule has 2 fully saturated rings. The standard InChI is InChI=1S/C13H22N2O3/c1-2-14-7-4-6-11(14)12(16)15-8-3-5-10(9-15)13(17)18/h10-11H,2-9H2,1H3,(H,17,18)/t10?,11-/m0/s1. The van der Waals surface area contributed by atoms with E-state index >= 15 is 0 Å². The van der Waals surface area contributed by atoms with Gasteiger partial charge < -0.3 is 10.0 Å². The van der Waals surface area contributed by atoms with E-state index in [9.17, 15) is 9.59 Å². The molecule has 0 bridgehead atoms. The molecule has 2 atom stereocenters. The van der Waals surface area contributed by atoms with Crippen LogP contribution in [0.2, 0.25) is 0 Å². The predicted octanol–water partition coefficient (Wildman–Crippen LogP) is 0.794. The quantitative estimate of drug-likeness (QED) is 0.809. The highest BCUT2D eigenvalue weighted by Gasteiger charge is 2.35. The van der Waals surface area contributed by atoms with Crippen LogP contribution in [0.25, 0.3) is 0 Å². The lowest BCUT2D eigenvalue weighted by molar-refractivity contribution is -0.146. The molecule has 0 saturated carbocycles. The lowest BCUT2D eigenvalue weighted by Crippen LogP contribution is -2.50. The highest BCUT2D eigenvalue weighted by atomic mass is 16.4.